The number of anilines is 1. The average Bonchev–Trinajstić information content (AvgIpc) is 2.40. The van der Waals surface area contributed by atoms with Crippen LogP contribution in [-0.2, 0) is 0 Å². The van der Waals surface area contributed by atoms with Gasteiger partial charge in [0.1, 0.15) is 12.1 Å². The second-order valence-electron chi connectivity index (χ2n) is 3.52. The molecule has 2 rings (SSSR count). The summed E-state index contributed by atoms with van der Waals surface area (Å²) >= 11 is 0. The first-order chi connectivity index (χ1) is 8.83. The van der Waals surface area contributed by atoms with Gasteiger partial charge in [-0.25, -0.2) is 9.97 Å². The number of para-hydroxylation sites is 2. The number of ether oxygens (including phenoxy) is 2. The Labute approximate surface area is 106 Å². The van der Waals surface area contributed by atoms with Gasteiger partial charge in [0.2, 0.25) is 5.88 Å². The van der Waals surface area contributed by atoms with Crippen LogP contribution in [0.25, 0.3) is 0 Å². The minimum atomic E-state index is 0.477. The number of benzene rings is 1. The maximum atomic E-state index is 5.67. The van der Waals surface area contributed by atoms with Crippen LogP contribution in [0.2, 0.25) is 0 Å². The fraction of sp³-hybridized carbons (Fsp3) is 0.231. The molecule has 0 bridgehead atoms. The van der Waals surface area contributed by atoms with Crippen LogP contribution in [0.5, 0.6) is 17.4 Å². The fourth-order valence-corrected chi connectivity index (χ4v) is 1.49. The average molecular weight is 245 g/mol. The molecule has 0 radical (unpaired) electrons. The largest absolute Gasteiger partial charge is 0.493 e. The van der Waals surface area contributed by atoms with Crippen LogP contribution in [0.1, 0.15) is 6.92 Å². The molecule has 5 heteroatoms. The Morgan fingerprint density at radius 1 is 1.17 bits per heavy atom. The lowest BCUT2D eigenvalue weighted by Crippen LogP contribution is -2.00. The van der Waals surface area contributed by atoms with Crippen molar-refractivity contribution in [3.63, 3.8) is 0 Å². The van der Waals surface area contributed by atoms with Gasteiger partial charge in [-0.1, -0.05) is 12.1 Å². The minimum Gasteiger partial charge on any atom is -0.493 e. The molecule has 0 fully saturated rings. The van der Waals surface area contributed by atoms with Gasteiger partial charge in [0.25, 0.3) is 0 Å². The predicted molar refractivity (Wildman–Crippen MR) is 69.3 cm³/mol. The van der Waals surface area contributed by atoms with Crippen LogP contribution in [0.15, 0.2) is 36.7 Å². The van der Waals surface area contributed by atoms with Crippen LogP contribution in [0, 0.1) is 0 Å². The highest BCUT2D eigenvalue weighted by molar-refractivity contribution is 5.43. The Bertz CT molecular complexity index is 517. The monoisotopic (exact) mass is 245 g/mol. The van der Waals surface area contributed by atoms with Crippen LogP contribution in [0.4, 0.5) is 5.82 Å². The van der Waals surface area contributed by atoms with Crippen LogP contribution < -0.4 is 14.8 Å². The number of hydrogen-bond acceptors (Lipinski definition) is 5. The normalized spacial score (nSPS) is 9.89. The molecule has 1 aromatic carbocycles. The predicted octanol–water partition coefficient (Wildman–Crippen LogP) is 2.71. The minimum absolute atomic E-state index is 0.477. The maximum absolute atomic E-state index is 5.67. The molecule has 0 saturated heterocycles. The summed E-state index contributed by atoms with van der Waals surface area (Å²) in [6.07, 6.45) is 1.46. The second kappa shape index (κ2) is 5.86. The van der Waals surface area contributed by atoms with E-state index in [0.29, 0.717) is 17.4 Å². The van der Waals surface area contributed by atoms with Crippen molar-refractivity contribution < 1.29 is 9.47 Å². The molecule has 0 amide bonds. The highest BCUT2D eigenvalue weighted by Crippen LogP contribution is 2.30. The van der Waals surface area contributed by atoms with Gasteiger partial charge in [-0.05, 0) is 19.1 Å². The lowest BCUT2D eigenvalue weighted by molar-refractivity contribution is 0.374. The lowest BCUT2D eigenvalue weighted by atomic mass is 10.3. The van der Waals surface area contributed by atoms with E-state index in [9.17, 15) is 0 Å². The third kappa shape index (κ3) is 2.88. The van der Waals surface area contributed by atoms with Gasteiger partial charge in [0.15, 0.2) is 11.5 Å². The molecule has 1 heterocycles. The van der Waals surface area contributed by atoms with E-state index in [1.54, 1.807) is 13.2 Å². The zero-order valence-electron chi connectivity index (χ0n) is 10.4. The molecular weight excluding hydrogens is 230 g/mol. The number of nitrogens with zero attached hydrogens (tertiary/aromatic N) is 2. The summed E-state index contributed by atoms with van der Waals surface area (Å²) in [5, 5.41) is 3.10. The van der Waals surface area contributed by atoms with Crippen LogP contribution in [0.3, 0.4) is 0 Å². The number of methoxy groups -OCH3 is 1. The summed E-state index contributed by atoms with van der Waals surface area (Å²) in [6.45, 7) is 2.80. The van der Waals surface area contributed by atoms with Crippen molar-refractivity contribution in [3.05, 3.63) is 36.7 Å². The first-order valence-corrected chi connectivity index (χ1v) is 5.70. The zero-order valence-corrected chi connectivity index (χ0v) is 10.4. The molecule has 0 aliphatic heterocycles. The van der Waals surface area contributed by atoms with Crippen LogP contribution in [-0.4, -0.2) is 23.6 Å². The molecule has 1 N–H and O–H groups in total. The van der Waals surface area contributed by atoms with E-state index in [1.165, 1.54) is 6.33 Å². The molecule has 0 aliphatic rings. The topological polar surface area (TPSA) is 56.3 Å². The van der Waals surface area contributed by atoms with E-state index >= 15 is 0 Å². The molecule has 5 nitrogen and oxygen atoms in total. The van der Waals surface area contributed by atoms with Crippen LogP contribution >= 0.6 is 0 Å². The van der Waals surface area contributed by atoms with Crippen molar-refractivity contribution in [2.75, 3.05) is 19.0 Å². The summed E-state index contributed by atoms with van der Waals surface area (Å²) in [6, 6.07) is 9.17. The van der Waals surface area contributed by atoms with Gasteiger partial charge < -0.3 is 14.8 Å². The molecule has 1 aromatic heterocycles. The Morgan fingerprint density at radius 3 is 2.67 bits per heavy atom. The van der Waals surface area contributed by atoms with Gasteiger partial charge in [0.05, 0.1) is 7.11 Å². The fourth-order valence-electron chi connectivity index (χ4n) is 1.49. The first kappa shape index (κ1) is 12.2. The standard InChI is InChI=1S/C13H15N3O2/c1-3-14-12-8-13(16-9-15-12)18-11-7-5-4-6-10(11)17-2/h4-9H,3H2,1-2H3,(H,14,15,16). The Balaban J connectivity index is 2.20. The quantitative estimate of drug-likeness (QED) is 0.877. The second-order valence-corrected chi connectivity index (χ2v) is 3.52. The third-order valence-electron chi connectivity index (χ3n) is 2.28. The molecule has 94 valence electrons. The Hall–Kier alpha value is -2.30. The van der Waals surface area contributed by atoms with Crippen molar-refractivity contribution in [2.24, 2.45) is 0 Å². The molecule has 18 heavy (non-hydrogen) atoms. The molecule has 0 atom stereocenters. The van der Waals surface area contributed by atoms with Gasteiger partial charge in [-0.3, -0.25) is 0 Å². The number of hydrogen-bond donors (Lipinski definition) is 1. The van der Waals surface area contributed by atoms with Gasteiger partial charge in [0, 0.05) is 12.6 Å². The highest BCUT2D eigenvalue weighted by atomic mass is 16.5. The molecule has 0 aliphatic carbocycles. The van der Waals surface area contributed by atoms with Crippen molar-refractivity contribution in [1.29, 1.82) is 0 Å². The summed E-state index contributed by atoms with van der Waals surface area (Å²) in [5.41, 5.74) is 0. The van der Waals surface area contributed by atoms with Gasteiger partial charge in [-0.15, -0.1) is 0 Å². The van der Waals surface area contributed by atoms with Crippen molar-refractivity contribution in [3.8, 4) is 17.4 Å². The van der Waals surface area contributed by atoms with E-state index in [1.807, 2.05) is 31.2 Å². The highest BCUT2D eigenvalue weighted by Gasteiger charge is 2.05. The van der Waals surface area contributed by atoms with E-state index < -0.39 is 0 Å². The SMILES string of the molecule is CCNc1cc(Oc2ccccc2OC)ncn1. The zero-order chi connectivity index (χ0) is 12.8. The third-order valence-corrected chi connectivity index (χ3v) is 2.28. The molecule has 0 saturated carbocycles. The molecule has 2 aromatic rings. The van der Waals surface area contributed by atoms with E-state index in [0.717, 1.165) is 12.4 Å². The summed E-state index contributed by atoms with van der Waals surface area (Å²) in [5.74, 6) is 2.50. The van der Waals surface area contributed by atoms with E-state index in [4.69, 9.17) is 9.47 Å². The van der Waals surface area contributed by atoms with Crippen molar-refractivity contribution in [2.45, 2.75) is 6.92 Å². The maximum Gasteiger partial charge on any atom is 0.224 e. The van der Waals surface area contributed by atoms with Crippen molar-refractivity contribution >= 4 is 5.82 Å². The Kier molecular flexibility index (Phi) is 3.96. The summed E-state index contributed by atoms with van der Waals surface area (Å²) in [7, 11) is 1.60. The molecular formula is C13H15N3O2. The summed E-state index contributed by atoms with van der Waals surface area (Å²) < 4.78 is 10.9. The molecule has 0 unspecified atom stereocenters. The molecule has 0 spiro atoms. The van der Waals surface area contributed by atoms with Gasteiger partial charge >= 0.3 is 0 Å². The van der Waals surface area contributed by atoms with E-state index in [-0.39, 0.29) is 0 Å². The van der Waals surface area contributed by atoms with Gasteiger partial charge in [-0.2, -0.15) is 0 Å². The number of nitrogens with one attached hydrogen (secondary N) is 1. The lowest BCUT2D eigenvalue weighted by Gasteiger charge is -2.09. The first-order valence-electron chi connectivity index (χ1n) is 5.70. The Morgan fingerprint density at radius 2 is 1.94 bits per heavy atom. The smallest absolute Gasteiger partial charge is 0.224 e. The van der Waals surface area contributed by atoms with Crippen molar-refractivity contribution in [1.82, 2.24) is 9.97 Å². The number of aromatic nitrogens is 2. The number of rotatable bonds is 5. The summed E-state index contributed by atoms with van der Waals surface area (Å²) in [4.78, 5) is 8.14. The van der Waals surface area contributed by atoms with E-state index in [2.05, 4.69) is 15.3 Å².